The highest BCUT2D eigenvalue weighted by Crippen LogP contribution is 2.34. The molecule has 9 nitrogen and oxygen atoms in total. The molecule has 1 unspecified atom stereocenters. The quantitative estimate of drug-likeness (QED) is 0.487. The predicted octanol–water partition coefficient (Wildman–Crippen LogP) is 2.24. The van der Waals surface area contributed by atoms with Crippen LogP contribution < -0.4 is 0 Å². The second kappa shape index (κ2) is 6.35. The summed E-state index contributed by atoms with van der Waals surface area (Å²) in [6.07, 6.45) is 7.13. The number of aromatic nitrogens is 6. The summed E-state index contributed by atoms with van der Waals surface area (Å²) in [6, 6.07) is 7.44. The maximum absolute atomic E-state index is 11.9. The van der Waals surface area contributed by atoms with Crippen molar-refractivity contribution in [2.45, 2.75) is 30.6 Å². The lowest BCUT2D eigenvalue weighted by Crippen LogP contribution is -2.19. The highest BCUT2D eigenvalue weighted by atomic mass is 32.2. The Morgan fingerprint density at radius 1 is 1.18 bits per heavy atom. The van der Waals surface area contributed by atoms with Gasteiger partial charge < -0.3 is 4.74 Å². The third-order valence-electron chi connectivity index (χ3n) is 4.82. The van der Waals surface area contributed by atoms with Crippen molar-refractivity contribution in [3.63, 3.8) is 0 Å². The van der Waals surface area contributed by atoms with Crippen LogP contribution in [0.3, 0.4) is 0 Å². The predicted molar refractivity (Wildman–Crippen MR) is 101 cm³/mol. The SMILES string of the molecule is CS(=O)(=O)c1nccc(-c2nn(C3CCCCO3)c3nn4ccccc4c23)n1. The molecular formula is C18H18N6O3S. The van der Waals surface area contributed by atoms with Crippen molar-refractivity contribution >= 4 is 26.4 Å². The van der Waals surface area contributed by atoms with Crippen LogP contribution in [-0.4, -0.2) is 50.6 Å². The van der Waals surface area contributed by atoms with Crippen molar-refractivity contribution < 1.29 is 13.2 Å². The number of fused-ring (bicyclic) bond motifs is 3. The van der Waals surface area contributed by atoms with E-state index in [9.17, 15) is 8.42 Å². The molecule has 1 saturated heterocycles. The first-order valence-corrected chi connectivity index (χ1v) is 10.9. The normalized spacial score (nSPS) is 18.1. The minimum Gasteiger partial charge on any atom is -0.356 e. The third kappa shape index (κ3) is 2.76. The number of sulfone groups is 1. The van der Waals surface area contributed by atoms with Crippen LogP contribution in [0.5, 0.6) is 0 Å². The van der Waals surface area contributed by atoms with Crippen molar-refractivity contribution in [1.82, 2.24) is 29.4 Å². The van der Waals surface area contributed by atoms with E-state index in [0.29, 0.717) is 23.6 Å². The van der Waals surface area contributed by atoms with Crippen LogP contribution in [0.25, 0.3) is 27.9 Å². The fourth-order valence-electron chi connectivity index (χ4n) is 3.53. The Morgan fingerprint density at radius 2 is 2.07 bits per heavy atom. The average molecular weight is 398 g/mol. The van der Waals surface area contributed by atoms with E-state index in [1.807, 2.05) is 24.4 Å². The molecule has 4 aromatic heterocycles. The van der Waals surface area contributed by atoms with Gasteiger partial charge in [-0.15, -0.1) is 5.10 Å². The van der Waals surface area contributed by atoms with Gasteiger partial charge in [0.25, 0.3) is 0 Å². The van der Waals surface area contributed by atoms with Crippen LogP contribution in [-0.2, 0) is 14.6 Å². The lowest BCUT2D eigenvalue weighted by Gasteiger charge is -2.22. The van der Waals surface area contributed by atoms with E-state index in [1.165, 1.54) is 6.20 Å². The van der Waals surface area contributed by atoms with Gasteiger partial charge in [-0.3, -0.25) is 0 Å². The summed E-state index contributed by atoms with van der Waals surface area (Å²) < 4.78 is 33.3. The van der Waals surface area contributed by atoms with Crippen LogP contribution in [0.2, 0.25) is 0 Å². The minimum absolute atomic E-state index is 0.203. The Bertz CT molecular complexity index is 1290. The molecule has 1 atom stereocenters. The van der Waals surface area contributed by atoms with Crippen LogP contribution in [0.1, 0.15) is 25.5 Å². The van der Waals surface area contributed by atoms with Crippen LogP contribution in [0.4, 0.5) is 0 Å². The van der Waals surface area contributed by atoms with Gasteiger partial charge in [-0.25, -0.2) is 27.6 Å². The monoisotopic (exact) mass is 398 g/mol. The summed E-state index contributed by atoms with van der Waals surface area (Å²) >= 11 is 0. The molecule has 0 bridgehead atoms. The van der Waals surface area contributed by atoms with Crippen molar-refractivity contribution in [2.75, 3.05) is 12.9 Å². The van der Waals surface area contributed by atoms with Gasteiger partial charge in [-0.1, -0.05) is 6.07 Å². The van der Waals surface area contributed by atoms with Crippen molar-refractivity contribution in [3.8, 4) is 11.4 Å². The van der Waals surface area contributed by atoms with Gasteiger partial charge in [0.2, 0.25) is 15.0 Å². The van der Waals surface area contributed by atoms with Crippen LogP contribution in [0, 0.1) is 0 Å². The Labute approximate surface area is 160 Å². The maximum atomic E-state index is 11.9. The molecule has 0 saturated carbocycles. The molecule has 0 N–H and O–H groups in total. The maximum Gasteiger partial charge on any atom is 0.247 e. The topological polar surface area (TPSA) is 104 Å². The number of hydrogen-bond acceptors (Lipinski definition) is 7. The first kappa shape index (κ1) is 17.3. The molecule has 4 aromatic rings. The molecule has 0 aliphatic carbocycles. The van der Waals surface area contributed by atoms with Crippen molar-refractivity contribution in [3.05, 3.63) is 36.7 Å². The molecule has 0 aromatic carbocycles. The molecule has 0 spiro atoms. The summed E-state index contributed by atoms with van der Waals surface area (Å²) in [5.41, 5.74) is 2.56. The molecule has 144 valence electrons. The average Bonchev–Trinajstić information content (AvgIpc) is 3.25. The van der Waals surface area contributed by atoms with Gasteiger partial charge in [0.15, 0.2) is 11.9 Å². The number of pyridine rings is 1. The minimum atomic E-state index is -3.53. The van der Waals surface area contributed by atoms with Crippen LogP contribution in [0.15, 0.2) is 41.8 Å². The van der Waals surface area contributed by atoms with Crippen LogP contribution >= 0.6 is 0 Å². The van der Waals surface area contributed by atoms with E-state index in [-0.39, 0.29) is 11.4 Å². The second-order valence-electron chi connectivity index (χ2n) is 6.84. The molecular weight excluding hydrogens is 380 g/mol. The molecule has 1 aliphatic rings. The Balaban J connectivity index is 1.79. The van der Waals surface area contributed by atoms with Crippen molar-refractivity contribution in [1.29, 1.82) is 0 Å². The highest BCUT2D eigenvalue weighted by molar-refractivity contribution is 7.90. The van der Waals surface area contributed by atoms with Gasteiger partial charge in [-0.2, -0.15) is 5.10 Å². The van der Waals surface area contributed by atoms with Gasteiger partial charge in [-0.05, 0) is 37.5 Å². The molecule has 28 heavy (non-hydrogen) atoms. The molecule has 10 heteroatoms. The fraction of sp³-hybridized carbons (Fsp3) is 0.333. The van der Waals surface area contributed by atoms with E-state index in [0.717, 1.165) is 36.4 Å². The lowest BCUT2D eigenvalue weighted by molar-refractivity contribution is -0.0369. The van der Waals surface area contributed by atoms with Crippen molar-refractivity contribution in [2.24, 2.45) is 0 Å². The van der Waals surface area contributed by atoms with Gasteiger partial charge in [0.1, 0.15) is 5.69 Å². The lowest BCUT2D eigenvalue weighted by atomic mass is 10.2. The van der Waals surface area contributed by atoms with E-state index in [2.05, 4.69) is 15.1 Å². The number of hydrogen-bond donors (Lipinski definition) is 0. The molecule has 1 aliphatic heterocycles. The van der Waals surface area contributed by atoms with Gasteiger partial charge in [0.05, 0.1) is 16.6 Å². The van der Waals surface area contributed by atoms with Gasteiger partial charge >= 0.3 is 0 Å². The molecule has 0 radical (unpaired) electrons. The summed E-state index contributed by atoms with van der Waals surface area (Å²) in [6.45, 7) is 0.681. The highest BCUT2D eigenvalue weighted by Gasteiger charge is 2.26. The fourth-order valence-corrected chi connectivity index (χ4v) is 4.04. The molecule has 5 heterocycles. The Kier molecular flexibility index (Phi) is 3.91. The number of ether oxygens (including phenoxy) is 1. The van der Waals surface area contributed by atoms with E-state index in [4.69, 9.17) is 9.84 Å². The Hall–Kier alpha value is -2.85. The van der Waals surface area contributed by atoms with Gasteiger partial charge in [0, 0.05) is 25.3 Å². The zero-order chi connectivity index (χ0) is 19.3. The largest absolute Gasteiger partial charge is 0.356 e. The van der Waals surface area contributed by atoms with E-state index < -0.39 is 9.84 Å². The molecule has 1 fully saturated rings. The smallest absolute Gasteiger partial charge is 0.247 e. The third-order valence-corrected chi connectivity index (χ3v) is 5.68. The summed E-state index contributed by atoms with van der Waals surface area (Å²) in [5, 5.41) is 10.0. The summed E-state index contributed by atoms with van der Waals surface area (Å²) in [7, 11) is -3.53. The summed E-state index contributed by atoms with van der Waals surface area (Å²) in [4.78, 5) is 8.14. The number of nitrogens with zero attached hydrogens (tertiary/aromatic N) is 6. The number of rotatable bonds is 3. The zero-order valence-corrected chi connectivity index (χ0v) is 16.0. The van der Waals surface area contributed by atoms with E-state index in [1.54, 1.807) is 15.3 Å². The zero-order valence-electron chi connectivity index (χ0n) is 15.2. The first-order chi connectivity index (χ1) is 13.5. The van der Waals surface area contributed by atoms with E-state index >= 15 is 0 Å². The molecule has 0 amide bonds. The second-order valence-corrected chi connectivity index (χ2v) is 8.75. The summed E-state index contributed by atoms with van der Waals surface area (Å²) in [5.74, 6) is 0. The Morgan fingerprint density at radius 3 is 2.86 bits per heavy atom. The molecule has 5 rings (SSSR count). The standard InChI is InChI=1S/C18H18N6O3S/c1-28(25,26)18-19-9-8-12(20-18)16-15-13-6-2-4-10-23(13)22-17(15)24(21-16)14-7-3-5-11-27-14/h2,4,6,8-10,14H,3,5,7,11H2,1H3. The first-order valence-electron chi connectivity index (χ1n) is 9.03.